The van der Waals surface area contributed by atoms with Gasteiger partial charge in [0.15, 0.2) is 0 Å². The van der Waals surface area contributed by atoms with Gasteiger partial charge in [0, 0.05) is 16.5 Å². The molecule has 17 heavy (non-hydrogen) atoms. The normalized spacial score (nSPS) is 13.8. The summed E-state index contributed by atoms with van der Waals surface area (Å²) in [5.74, 6) is -0.907. The minimum Gasteiger partial charge on any atom is -0.388 e. The molecule has 1 atom stereocenters. The average Bonchev–Trinajstić information content (AvgIpc) is 2.22. The van der Waals surface area contributed by atoms with Crippen molar-refractivity contribution in [2.45, 2.75) is 25.1 Å². The maximum atomic E-state index is 13.5. The van der Waals surface area contributed by atoms with Crippen molar-refractivity contribution in [3.05, 3.63) is 33.0 Å². The Hall–Kier alpha value is -0.330. The largest absolute Gasteiger partial charge is 0.389 e. The van der Waals surface area contributed by atoms with Crippen molar-refractivity contribution in [3.8, 4) is 0 Å². The Morgan fingerprint density at radius 3 is 2.47 bits per heavy atom. The Kier molecular flexibility index (Phi) is 4.80. The van der Waals surface area contributed by atoms with Gasteiger partial charge in [-0.15, -0.1) is 0 Å². The van der Waals surface area contributed by atoms with E-state index in [1.807, 2.05) is 0 Å². The SMILES string of the molecule is OC(CCC(F)(F)F)c1ccc(Br)c(Cl)c1F. The molecule has 0 radical (unpaired) electrons. The second-order valence-electron chi connectivity index (χ2n) is 3.43. The molecule has 0 heterocycles. The Bertz CT molecular complexity index is 408. The van der Waals surface area contributed by atoms with Gasteiger partial charge < -0.3 is 5.11 Å². The minimum absolute atomic E-state index is 0.234. The number of hydrogen-bond acceptors (Lipinski definition) is 1. The number of benzene rings is 1. The van der Waals surface area contributed by atoms with Crippen LogP contribution in [0.15, 0.2) is 16.6 Å². The summed E-state index contributed by atoms with van der Waals surface area (Å²) in [7, 11) is 0. The van der Waals surface area contributed by atoms with E-state index >= 15 is 0 Å². The third kappa shape index (κ3) is 4.12. The van der Waals surface area contributed by atoms with Crippen LogP contribution < -0.4 is 0 Å². The fourth-order valence-electron chi connectivity index (χ4n) is 1.25. The highest BCUT2D eigenvalue weighted by molar-refractivity contribution is 9.10. The molecule has 0 saturated carbocycles. The number of hydrogen-bond donors (Lipinski definition) is 1. The van der Waals surface area contributed by atoms with Crippen molar-refractivity contribution in [2.24, 2.45) is 0 Å². The Balaban J connectivity index is 2.83. The van der Waals surface area contributed by atoms with Gasteiger partial charge in [-0.3, -0.25) is 0 Å². The first kappa shape index (κ1) is 14.7. The van der Waals surface area contributed by atoms with Gasteiger partial charge in [0.2, 0.25) is 0 Å². The Morgan fingerprint density at radius 1 is 1.35 bits per heavy atom. The van der Waals surface area contributed by atoms with Crippen LogP contribution >= 0.6 is 27.5 Å². The first-order chi connectivity index (χ1) is 7.72. The maximum Gasteiger partial charge on any atom is 0.389 e. The summed E-state index contributed by atoms with van der Waals surface area (Å²) < 4.78 is 49.6. The van der Waals surface area contributed by atoms with Gasteiger partial charge in [0.05, 0.1) is 11.1 Å². The van der Waals surface area contributed by atoms with Crippen LogP contribution in [0.25, 0.3) is 0 Å². The van der Waals surface area contributed by atoms with Gasteiger partial charge in [-0.05, 0) is 28.4 Å². The summed E-state index contributed by atoms with van der Waals surface area (Å²) in [6.45, 7) is 0. The minimum atomic E-state index is -4.38. The highest BCUT2D eigenvalue weighted by atomic mass is 79.9. The predicted molar refractivity (Wildman–Crippen MR) is 59.4 cm³/mol. The van der Waals surface area contributed by atoms with Gasteiger partial charge in [0.1, 0.15) is 5.82 Å². The molecule has 1 N–H and O–H groups in total. The van der Waals surface area contributed by atoms with E-state index in [1.54, 1.807) is 0 Å². The molecule has 7 heteroatoms. The lowest BCUT2D eigenvalue weighted by Crippen LogP contribution is -2.11. The molecule has 0 aliphatic heterocycles. The van der Waals surface area contributed by atoms with Crippen LogP contribution in [-0.4, -0.2) is 11.3 Å². The van der Waals surface area contributed by atoms with Gasteiger partial charge in [-0.25, -0.2) is 4.39 Å². The van der Waals surface area contributed by atoms with Crippen LogP contribution in [0, 0.1) is 5.82 Å². The molecule has 1 unspecified atom stereocenters. The Morgan fingerprint density at radius 2 is 1.94 bits per heavy atom. The highest BCUT2D eigenvalue weighted by Gasteiger charge is 2.29. The van der Waals surface area contributed by atoms with E-state index in [4.69, 9.17) is 11.6 Å². The number of aliphatic hydroxyl groups is 1. The molecule has 1 nitrogen and oxygen atoms in total. The molecule has 1 aromatic carbocycles. The van der Waals surface area contributed by atoms with E-state index in [1.165, 1.54) is 12.1 Å². The van der Waals surface area contributed by atoms with Crippen molar-refractivity contribution in [2.75, 3.05) is 0 Å². The zero-order valence-corrected chi connectivity index (χ0v) is 10.7. The first-order valence-electron chi connectivity index (χ1n) is 4.60. The zero-order chi connectivity index (χ0) is 13.2. The number of rotatable bonds is 3. The lowest BCUT2D eigenvalue weighted by atomic mass is 10.0. The van der Waals surface area contributed by atoms with E-state index in [9.17, 15) is 22.7 Å². The van der Waals surface area contributed by atoms with Crippen molar-refractivity contribution in [1.82, 2.24) is 0 Å². The van der Waals surface area contributed by atoms with Crippen LogP contribution in [-0.2, 0) is 0 Å². The summed E-state index contributed by atoms with van der Waals surface area (Å²) in [5.41, 5.74) is -0.234. The maximum absolute atomic E-state index is 13.5. The number of halogens is 6. The van der Waals surface area contributed by atoms with Crippen LogP contribution in [0.2, 0.25) is 5.02 Å². The lowest BCUT2D eigenvalue weighted by Gasteiger charge is -2.14. The molecule has 0 aliphatic rings. The predicted octanol–water partition coefficient (Wildman–Crippen LogP) is 4.62. The van der Waals surface area contributed by atoms with Gasteiger partial charge in [0.25, 0.3) is 0 Å². The Labute approximate surface area is 109 Å². The fourth-order valence-corrected chi connectivity index (χ4v) is 1.73. The van der Waals surface area contributed by atoms with Crippen molar-refractivity contribution in [1.29, 1.82) is 0 Å². The highest BCUT2D eigenvalue weighted by Crippen LogP contribution is 2.33. The van der Waals surface area contributed by atoms with E-state index in [-0.39, 0.29) is 15.1 Å². The van der Waals surface area contributed by atoms with Crippen molar-refractivity contribution < 1.29 is 22.7 Å². The first-order valence-corrected chi connectivity index (χ1v) is 5.77. The zero-order valence-electron chi connectivity index (χ0n) is 8.36. The van der Waals surface area contributed by atoms with Crippen molar-refractivity contribution >= 4 is 27.5 Å². The fraction of sp³-hybridized carbons (Fsp3) is 0.400. The molecule has 0 amide bonds. The smallest absolute Gasteiger partial charge is 0.388 e. The van der Waals surface area contributed by atoms with Gasteiger partial charge in [-0.1, -0.05) is 17.7 Å². The molecule has 96 valence electrons. The molecule has 0 bridgehead atoms. The summed E-state index contributed by atoms with van der Waals surface area (Å²) in [6, 6.07) is 2.57. The topological polar surface area (TPSA) is 20.2 Å². The van der Waals surface area contributed by atoms with E-state index in [0.717, 1.165) is 0 Å². The van der Waals surface area contributed by atoms with Crippen LogP contribution in [0.1, 0.15) is 24.5 Å². The number of aliphatic hydroxyl groups excluding tert-OH is 1. The molecule has 0 saturated heterocycles. The molecular formula is C10H8BrClF4O. The van der Waals surface area contributed by atoms with Crippen LogP contribution in [0.3, 0.4) is 0 Å². The van der Waals surface area contributed by atoms with Crippen LogP contribution in [0.4, 0.5) is 17.6 Å². The molecule has 1 rings (SSSR count). The van der Waals surface area contributed by atoms with Gasteiger partial charge in [-0.2, -0.15) is 13.2 Å². The summed E-state index contributed by atoms with van der Waals surface area (Å²) in [4.78, 5) is 0. The summed E-state index contributed by atoms with van der Waals surface area (Å²) in [6.07, 6.45) is -7.68. The third-order valence-corrected chi connectivity index (χ3v) is 3.38. The monoisotopic (exact) mass is 334 g/mol. The summed E-state index contributed by atoms with van der Waals surface area (Å²) >= 11 is 8.53. The molecular weight excluding hydrogens is 327 g/mol. The standard InChI is InChI=1S/C10H8BrClF4O/c11-6-2-1-5(9(13)8(6)12)7(17)3-4-10(14,15)16/h1-2,7,17H,3-4H2. The van der Waals surface area contributed by atoms with E-state index in [0.29, 0.717) is 0 Å². The summed E-state index contributed by atoms with van der Waals surface area (Å²) in [5, 5.41) is 9.21. The lowest BCUT2D eigenvalue weighted by molar-refractivity contribution is -0.140. The van der Waals surface area contributed by atoms with E-state index in [2.05, 4.69) is 15.9 Å². The van der Waals surface area contributed by atoms with E-state index < -0.39 is 30.9 Å². The second kappa shape index (κ2) is 5.54. The number of alkyl halides is 3. The molecule has 0 aliphatic carbocycles. The van der Waals surface area contributed by atoms with Gasteiger partial charge >= 0.3 is 6.18 Å². The van der Waals surface area contributed by atoms with Crippen molar-refractivity contribution in [3.63, 3.8) is 0 Å². The molecule has 1 aromatic rings. The molecule has 0 fully saturated rings. The third-order valence-electron chi connectivity index (χ3n) is 2.13. The second-order valence-corrected chi connectivity index (χ2v) is 4.67. The average molecular weight is 336 g/mol. The molecule has 0 spiro atoms. The quantitative estimate of drug-likeness (QED) is 0.631. The van der Waals surface area contributed by atoms with Crippen LogP contribution in [0.5, 0.6) is 0 Å². The molecule has 0 aromatic heterocycles.